The van der Waals surface area contributed by atoms with Crippen LogP contribution in [0.15, 0.2) is 69.4 Å². The van der Waals surface area contributed by atoms with Gasteiger partial charge in [0.25, 0.3) is 5.91 Å². The number of carbonyl (C=O) groups excluding carboxylic acids is 1. The molecule has 1 amide bonds. The molecule has 0 saturated carbocycles. The number of benzene rings is 2. The second-order valence-corrected chi connectivity index (χ2v) is 9.11. The Hall–Kier alpha value is -2.57. The maximum absolute atomic E-state index is 12.8. The Morgan fingerprint density at radius 3 is 2.69 bits per heavy atom. The van der Waals surface area contributed by atoms with Crippen LogP contribution in [0.25, 0.3) is 0 Å². The van der Waals surface area contributed by atoms with Gasteiger partial charge in [-0.3, -0.25) is 4.79 Å². The number of carbonyl (C=O) groups is 1. The minimum Gasteiger partial charge on any atom is -0.499 e. The number of nitrogens with zero attached hydrogens (tertiary/aromatic N) is 2. The zero-order valence-electron chi connectivity index (χ0n) is 16.4. The quantitative estimate of drug-likeness (QED) is 0.432. The van der Waals surface area contributed by atoms with E-state index in [9.17, 15) is 9.90 Å². The zero-order valence-corrected chi connectivity index (χ0v) is 18.0. The van der Waals surface area contributed by atoms with Crippen molar-refractivity contribution in [3.05, 3.63) is 70.6 Å². The molecule has 0 unspecified atom stereocenters. The first-order valence-corrected chi connectivity index (χ1v) is 11.2. The summed E-state index contributed by atoms with van der Waals surface area (Å²) >= 11 is 2.96. The highest BCUT2D eigenvalue weighted by Gasteiger charge is 2.21. The number of hydrogen-bond donors (Lipinski definition) is 1. The molecule has 0 aliphatic carbocycles. The third-order valence-electron chi connectivity index (χ3n) is 4.82. The maximum atomic E-state index is 12.8. The molecular weight excluding hydrogens is 400 g/mol. The lowest BCUT2D eigenvalue weighted by atomic mass is 10.1. The molecule has 0 radical (unpaired) electrons. The van der Waals surface area contributed by atoms with Crippen molar-refractivity contribution in [2.45, 2.75) is 29.6 Å². The number of hydrogen-bond acceptors (Lipinski definition) is 5. The van der Waals surface area contributed by atoms with Crippen LogP contribution in [-0.4, -0.2) is 35.2 Å². The van der Waals surface area contributed by atoms with Crippen LogP contribution in [0.2, 0.25) is 0 Å². The van der Waals surface area contributed by atoms with Crippen LogP contribution in [0.1, 0.15) is 40.6 Å². The van der Waals surface area contributed by atoms with Crippen molar-refractivity contribution in [1.29, 1.82) is 0 Å². The predicted molar refractivity (Wildman–Crippen MR) is 120 cm³/mol. The number of thiophene rings is 1. The van der Waals surface area contributed by atoms with Gasteiger partial charge in [-0.1, -0.05) is 54.6 Å². The molecule has 148 valence electrons. The Morgan fingerprint density at radius 1 is 1.10 bits per heavy atom. The lowest BCUT2D eigenvalue weighted by Gasteiger charge is -2.17. The van der Waals surface area contributed by atoms with E-state index in [1.807, 2.05) is 43.4 Å². The average molecular weight is 423 g/mol. The number of rotatable bonds is 5. The van der Waals surface area contributed by atoms with Gasteiger partial charge >= 0.3 is 0 Å². The van der Waals surface area contributed by atoms with Gasteiger partial charge < -0.3 is 10.0 Å². The fourth-order valence-electron chi connectivity index (χ4n) is 3.23. The minimum absolute atomic E-state index is 0.0125. The smallest absolute Gasteiger partial charge is 0.253 e. The van der Waals surface area contributed by atoms with E-state index in [0.29, 0.717) is 5.56 Å². The van der Waals surface area contributed by atoms with E-state index in [-0.39, 0.29) is 11.0 Å². The van der Waals surface area contributed by atoms with Gasteiger partial charge in [-0.15, -0.1) is 0 Å². The average Bonchev–Trinajstić information content (AvgIpc) is 3.09. The van der Waals surface area contributed by atoms with Crippen LogP contribution in [-0.2, 0) is 0 Å². The summed E-state index contributed by atoms with van der Waals surface area (Å²) in [5.41, 5.74) is 3.28. The number of unbranched alkanes of at least 4 members (excludes halogenated alkanes) is 1. The zero-order chi connectivity index (χ0) is 20.4. The molecule has 4 rings (SSSR count). The molecule has 0 atom stereocenters. The molecular formula is C23H22N2O2S2. The first kappa shape index (κ1) is 19.7. The number of aromatic hydroxyl groups is 1. The van der Waals surface area contributed by atoms with E-state index in [1.165, 1.54) is 11.3 Å². The normalized spacial score (nSPS) is 12.6. The SMILES string of the molecule is CCCCN(C)C(=O)c1ccc2c(c1)N=C(c1ccc(O)s1)c1ccccc1S2. The molecule has 1 aliphatic rings. The fraction of sp³-hybridized carbons (Fsp3) is 0.217. The summed E-state index contributed by atoms with van der Waals surface area (Å²) in [6, 6.07) is 17.5. The van der Waals surface area contributed by atoms with E-state index in [2.05, 4.69) is 19.1 Å². The van der Waals surface area contributed by atoms with Gasteiger partial charge in [0, 0.05) is 34.5 Å². The number of aliphatic imine (C=N–C) groups is 1. The molecule has 6 heteroatoms. The second kappa shape index (κ2) is 8.43. The summed E-state index contributed by atoms with van der Waals surface area (Å²) in [6.07, 6.45) is 2.04. The topological polar surface area (TPSA) is 52.9 Å². The van der Waals surface area contributed by atoms with Gasteiger partial charge in [0.2, 0.25) is 0 Å². The Labute approximate surface area is 178 Å². The van der Waals surface area contributed by atoms with Crippen LogP contribution in [0.4, 0.5) is 5.69 Å². The third kappa shape index (κ3) is 4.09. The molecule has 4 nitrogen and oxygen atoms in total. The van der Waals surface area contributed by atoms with E-state index >= 15 is 0 Å². The highest BCUT2D eigenvalue weighted by atomic mass is 32.2. The van der Waals surface area contributed by atoms with Crippen molar-refractivity contribution < 1.29 is 9.90 Å². The van der Waals surface area contributed by atoms with Crippen molar-refractivity contribution in [2.24, 2.45) is 4.99 Å². The van der Waals surface area contributed by atoms with Gasteiger partial charge in [0.15, 0.2) is 5.06 Å². The van der Waals surface area contributed by atoms with Crippen LogP contribution >= 0.6 is 23.1 Å². The monoisotopic (exact) mass is 422 g/mol. The Morgan fingerprint density at radius 2 is 1.93 bits per heavy atom. The number of fused-ring (bicyclic) bond motifs is 2. The van der Waals surface area contributed by atoms with Gasteiger partial charge in [0.1, 0.15) is 0 Å². The third-order valence-corrected chi connectivity index (χ3v) is 6.85. The Bertz CT molecular complexity index is 1090. The van der Waals surface area contributed by atoms with Crippen LogP contribution < -0.4 is 0 Å². The van der Waals surface area contributed by atoms with Crippen molar-refractivity contribution in [1.82, 2.24) is 4.90 Å². The molecule has 29 heavy (non-hydrogen) atoms. The summed E-state index contributed by atoms with van der Waals surface area (Å²) in [5.74, 6) is 0.0125. The molecule has 0 bridgehead atoms. The largest absolute Gasteiger partial charge is 0.499 e. The van der Waals surface area contributed by atoms with Gasteiger partial charge in [-0.2, -0.15) is 0 Å². The number of amides is 1. The highest BCUT2D eigenvalue weighted by molar-refractivity contribution is 7.99. The highest BCUT2D eigenvalue weighted by Crippen LogP contribution is 2.42. The van der Waals surface area contributed by atoms with Crippen molar-refractivity contribution >= 4 is 40.4 Å². The molecule has 0 fully saturated rings. The fourth-order valence-corrected chi connectivity index (χ4v) is 4.99. The Kier molecular flexibility index (Phi) is 5.74. The standard InChI is InChI=1S/C23H22N2O2S2/c1-3-4-13-25(2)23(27)15-9-10-19-17(14-15)24-22(20-11-12-21(26)29-20)16-7-5-6-8-18(16)28-19/h5-12,14,26H,3-4,13H2,1-2H3. The molecule has 3 aromatic rings. The lowest BCUT2D eigenvalue weighted by Crippen LogP contribution is -2.27. The maximum Gasteiger partial charge on any atom is 0.253 e. The summed E-state index contributed by atoms with van der Waals surface area (Å²) < 4.78 is 0. The molecule has 1 aromatic heterocycles. The molecule has 1 N–H and O–H groups in total. The van der Waals surface area contributed by atoms with Gasteiger partial charge in [-0.25, -0.2) is 4.99 Å². The molecule has 2 aromatic carbocycles. The first-order chi connectivity index (χ1) is 14.1. The molecule has 0 saturated heterocycles. The van der Waals surface area contributed by atoms with Crippen LogP contribution in [0.5, 0.6) is 5.06 Å². The van der Waals surface area contributed by atoms with Gasteiger partial charge in [-0.05, 0) is 42.8 Å². The van der Waals surface area contributed by atoms with Crippen molar-refractivity contribution in [3.63, 3.8) is 0 Å². The summed E-state index contributed by atoms with van der Waals surface area (Å²) in [6.45, 7) is 2.86. The van der Waals surface area contributed by atoms with Crippen molar-refractivity contribution in [3.8, 4) is 5.06 Å². The second-order valence-electron chi connectivity index (χ2n) is 6.96. The predicted octanol–water partition coefficient (Wildman–Crippen LogP) is 5.96. The summed E-state index contributed by atoms with van der Waals surface area (Å²) in [5, 5.41) is 10.1. The lowest BCUT2D eigenvalue weighted by molar-refractivity contribution is 0.0793. The van der Waals surface area contributed by atoms with E-state index in [0.717, 1.165) is 51.0 Å². The van der Waals surface area contributed by atoms with Crippen LogP contribution in [0.3, 0.4) is 0 Å². The van der Waals surface area contributed by atoms with E-state index < -0.39 is 0 Å². The summed E-state index contributed by atoms with van der Waals surface area (Å²) in [7, 11) is 1.84. The van der Waals surface area contributed by atoms with Crippen LogP contribution in [0, 0.1) is 0 Å². The molecule has 2 heterocycles. The van der Waals surface area contributed by atoms with Crippen molar-refractivity contribution in [2.75, 3.05) is 13.6 Å². The Balaban J connectivity index is 1.79. The molecule has 0 spiro atoms. The van der Waals surface area contributed by atoms with Gasteiger partial charge in [0.05, 0.1) is 16.3 Å². The van der Waals surface area contributed by atoms with E-state index in [4.69, 9.17) is 4.99 Å². The first-order valence-electron chi connectivity index (χ1n) is 9.61. The summed E-state index contributed by atoms with van der Waals surface area (Å²) in [4.78, 5) is 22.6. The molecule has 1 aliphatic heterocycles. The van der Waals surface area contributed by atoms with E-state index in [1.54, 1.807) is 22.7 Å². The minimum atomic E-state index is 0.0125.